The molecule has 2 heterocycles. The number of carboxylic acid groups (broad SMARTS) is 1. The van der Waals surface area contributed by atoms with Gasteiger partial charge in [0.2, 0.25) is 5.91 Å². The zero-order valence-corrected chi connectivity index (χ0v) is 17.6. The molecular weight excluding hydrogens is 404 g/mol. The average molecular weight is 429 g/mol. The Morgan fingerprint density at radius 2 is 1.77 bits per heavy atom. The van der Waals surface area contributed by atoms with Crippen molar-refractivity contribution in [3.8, 4) is 0 Å². The number of nitrogens with zero attached hydrogens (tertiary/aromatic N) is 2. The number of rotatable bonds is 4. The van der Waals surface area contributed by atoms with Gasteiger partial charge in [0.1, 0.15) is 0 Å². The molecule has 4 rings (SSSR count). The van der Waals surface area contributed by atoms with Crippen LogP contribution in [0.3, 0.4) is 0 Å². The highest BCUT2D eigenvalue weighted by Gasteiger charge is 2.37. The Bertz CT molecular complexity index is 1110. The van der Waals surface area contributed by atoms with Gasteiger partial charge in [0, 0.05) is 32.5 Å². The third-order valence-corrected chi connectivity index (χ3v) is 7.74. The Hall–Kier alpha value is -2.87. The first kappa shape index (κ1) is 20.4. The van der Waals surface area contributed by atoms with Gasteiger partial charge in [-0.1, -0.05) is 24.3 Å². The number of hydrogen-bond acceptors (Lipinski definition) is 4. The number of sulfonamides is 1. The van der Waals surface area contributed by atoms with Crippen molar-refractivity contribution in [2.24, 2.45) is 0 Å². The number of amides is 1. The molecule has 0 aromatic heterocycles. The Morgan fingerprint density at radius 1 is 1.07 bits per heavy atom. The largest absolute Gasteiger partial charge is 0.481 e. The van der Waals surface area contributed by atoms with E-state index < -0.39 is 16.0 Å². The molecule has 8 heteroatoms. The summed E-state index contributed by atoms with van der Waals surface area (Å²) in [4.78, 5) is 24.9. The molecule has 0 spiro atoms. The Labute approximate surface area is 176 Å². The number of carboxylic acids is 1. The molecule has 0 saturated heterocycles. The zero-order valence-electron chi connectivity index (χ0n) is 16.7. The molecule has 2 aliphatic rings. The summed E-state index contributed by atoms with van der Waals surface area (Å²) in [5, 5.41) is 9.23. The summed E-state index contributed by atoms with van der Waals surface area (Å²) in [5.41, 5.74) is 3.29. The average Bonchev–Trinajstić information content (AvgIpc) is 2.92. The first-order chi connectivity index (χ1) is 14.3. The van der Waals surface area contributed by atoms with Crippen LogP contribution in [0.5, 0.6) is 0 Å². The molecule has 0 bridgehead atoms. The SMILES string of the molecule is CC(=O)N1CCc2ccc(S(=O)(=O)N3CC(CC(=O)O)c4ccccc43)cc2CC1. The van der Waals surface area contributed by atoms with Crippen molar-refractivity contribution < 1.29 is 23.1 Å². The second-order valence-electron chi connectivity index (χ2n) is 7.83. The van der Waals surface area contributed by atoms with Crippen LogP contribution in [0.25, 0.3) is 0 Å². The van der Waals surface area contributed by atoms with Crippen LogP contribution >= 0.6 is 0 Å². The molecule has 2 aromatic rings. The smallest absolute Gasteiger partial charge is 0.304 e. The number of anilines is 1. The number of carbonyl (C=O) groups is 2. The fraction of sp³-hybridized carbons (Fsp3) is 0.364. The maximum absolute atomic E-state index is 13.5. The van der Waals surface area contributed by atoms with Gasteiger partial charge in [-0.15, -0.1) is 0 Å². The lowest BCUT2D eigenvalue weighted by Crippen LogP contribution is -2.31. The van der Waals surface area contributed by atoms with E-state index in [9.17, 15) is 23.1 Å². The molecule has 1 atom stereocenters. The number of fused-ring (bicyclic) bond motifs is 2. The summed E-state index contributed by atoms with van der Waals surface area (Å²) in [6, 6.07) is 12.2. The minimum atomic E-state index is -3.84. The topological polar surface area (TPSA) is 95.0 Å². The van der Waals surface area contributed by atoms with Gasteiger partial charge in [-0.2, -0.15) is 0 Å². The second-order valence-corrected chi connectivity index (χ2v) is 9.69. The van der Waals surface area contributed by atoms with E-state index in [0.717, 1.165) is 16.7 Å². The van der Waals surface area contributed by atoms with Gasteiger partial charge in [-0.05, 0) is 47.7 Å². The molecule has 158 valence electrons. The standard InChI is InChI=1S/C22H24N2O5S/c1-15(25)23-10-8-16-6-7-19(12-17(16)9-11-23)30(28,29)24-14-18(13-22(26)27)20-4-2-3-5-21(20)24/h2-7,12,18H,8-11,13-14H2,1H3,(H,26,27). The zero-order chi connectivity index (χ0) is 21.5. The second kappa shape index (κ2) is 7.75. The molecule has 0 saturated carbocycles. The van der Waals surface area contributed by atoms with Gasteiger partial charge in [-0.25, -0.2) is 8.42 Å². The summed E-state index contributed by atoms with van der Waals surface area (Å²) in [5.74, 6) is -1.30. The molecule has 2 aliphatic heterocycles. The fourth-order valence-corrected chi connectivity index (χ4v) is 5.96. The van der Waals surface area contributed by atoms with E-state index in [-0.39, 0.29) is 29.7 Å². The van der Waals surface area contributed by atoms with Gasteiger partial charge in [0.25, 0.3) is 10.0 Å². The van der Waals surface area contributed by atoms with Crippen LogP contribution in [0, 0.1) is 0 Å². The van der Waals surface area contributed by atoms with E-state index in [1.807, 2.05) is 6.07 Å². The van der Waals surface area contributed by atoms with E-state index in [0.29, 0.717) is 31.6 Å². The van der Waals surface area contributed by atoms with Crippen molar-refractivity contribution in [3.05, 3.63) is 59.2 Å². The predicted octanol–water partition coefficient (Wildman–Crippen LogP) is 2.40. The van der Waals surface area contributed by atoms with Crippen LogP contribution in [0.15, 0.2) is 47.4 Å². The Morgan fingerprint density at radius 3 is 2.47 bits per heavy atom. The van der Waals surface area contributed by atoms with Crippen molar-refractivity contribution in [3.63, 3.8) is 0 Å². The first-order valence-corrected chi connectivity index (χ1v) is 11.4. The van der Waals surface area contributed by atoms with E-state index in [1.54, 1.807) is 48.2 Å². The Balaban J connectivity index is 1.67. The first-order valence-electron chi connectivity index (χ1n) is 9.98. The molecule has 30 heavy (non-hydrogen) atoms. The summed E-state index contributed by atoms with van der Waals surface area (Å²) in [6.45, 7) is 2.86. The lowest BCUT2D eigenvalue weighted by molar-refractivity contribution is -0.137. The third kappa shape index (κ3) is 3.67. The van der Waals surface area contributed by atoms with Crippen LogP contribution in [0.1, 0.15) is 36.0 Å². The minimum absolute atomic E-state index is 0.0220. The van der Waals surface area contributed by atoms with Crippen molar-refractivity contribution in [1.29, 1.82) is 0 Å². The summed E-state index contributed by atoms with van der Waals surface area (Å²) < 4.78 is 28.3. The molecular formula is C22H24N2O5S. The third-order valence-electron chi connectivity index (χ3n) is 5.97. The summed E-state index contributed by atoms with van der Waals surface area (Å²) >= 11 is 0. The van der Waals surface area contributed by atoms with Gasteiger partial charge in [0.15, 0.2) is 0 Å². The minimum Gasteiger partial charge on any atom is -0.481 e. The number of benzene rings is 2. The number of carbonyl (C=O) groups excluding carboxylic acids is 1. The molecule has 1 amide bonds. The molecule has 2 aromatic carbocycles. The normalized spacial score (nSPS) is 18.5. The van der Waals surface area contributed by atoms with Crippen LogP contribution in [0.4, 0.5) is 5.69 Å². The maximum Gasteiger partial charge on any atom is 0.304 e. The van der Waals surface area contributed by atoms with Gasteiger partial charge in [0.05, 0.1) is 17.0 Å². The molecule has 1 unspecified atom stereocenters. The lowest BCUT2D eigenvalue weighted by atomic mass is 9.98. The van der Waals surface area contributed by atoms with Crippen molar-refractivity contribution >= 4 is 27.6 Å². The van der Waals surface area contributed by atoms with Crippen molar-refractivity contribution in [2.45, 2.75) is 37.0 Å². The number of para-hydroxylation sites is 1. The van der Waals surface area contributed by atoms with Gasteiger partial charge in [-0.3, -0.25) is 13.9 Å². The molecule has 0 fully saturated rings. The quantitative estimate of drug-likeness (QED) is 0.807. The highest BCUT2D eigenvalue weighted by Crippen LogP contribution is 2.41. The lowest BCUT2D eigenvalue weighted by Gasteiger charge is -2.21. The van der Waals surface area contributed by atoms with E-state index in [1.165, 1.54) is 4.31 Å². The number of aliphatic carboxylic acids is 1. The van der Waals surface area contributed by atoms with Crippen LogP contribution in [0.2, 0.25) is 0 Å². The monoisotopic (exact) mass is 428 g/mol. The maximum atomic E-state index is 13.5. The summed E-state index contributed by atoms with van der Waals surface area (Å²) in [6.07, 6.45) is 1.19. The van der Waals surface area contributed by atoms with Crippen LogP contribution < -0.4 is 4.31 Å². The van der Waals surface area contributed by atoms with Crippen LogP contribution in [-0.2, 0) is 32.5 Å². The van der Waals surface area contributed by atoms with Crippen LogP contribution in [-0.4, -0.2) is 49.9 Å². The summed E-state index contributed by atoms with van der Waals surface area (Å²) in [7, 11) is -3.84. The van der Waals surface area contributed by atoms with E-state index in [4.69, 9.17) is 0 Å². The Kier molecular flexibility index (Phi) is 5.27. The molecule has 1 N–H and O–H groups in total. The molecule has 0 radical (unpaired) electrons. The van der Waals surface area contributed by atoms with Crippen molar-refractivity contribution in [1.82, 2.24) is 4.90 Å². The van der Waals surface area contributed by atoms with E-state index >= 15 is 0 Å². The highest BCUT2D eigenvalue weighted by atomic mass is 32.2. The van der Waals surface area contributed by atoms with Gasteiger partial charge < -0.3 is 10.0 Å². The predicted molar refractivity (Wildman–Crippen MR) is 112 cm³/mol. The highest BCUT2D eigenvalue weighted by molar-refractivity contribution is 7.92. The van der Waals surface area contributed by atoms with Crippen molar-refractivity contribution in [2.75, 3.05) is 23.9 Å². The number of hydrogen-bond donors (Lipinski definition) is 1. The fourth-order valence-electron chi connectivity index (χ4n) is 4.37. The molecule has 0 aliphatic carbocycles. The van der Waals surface area contributed by atoms with E-state index in [2.05, 4.69) is 0 Å². The molecule has 7 nitrogen and oxygen atoms in total. The van der Waals surface area contributed by atoms with Gasteiger partial charge >= 0.3 is 5.97 Å².